The number of phosphoric ester groups is 2. The van der Waals surface area contributed by atoms with E-state index in [0.29, 0.717) is 25.7 Å². The van der Waals surface area contributed by atoms with Gasteiger partial charge < -0.3 is 33.8 Å². The predicted octanol–water partition coefficient (Wildman–Crippen LogP) is 20.0. The van der Waals surface area contributed by atoms with Crippen molar-refractivity contribution in [2.45, 2.75) is 290 Å². The van der Waals surface area contributed by atoms with Crippen LogP contribution in [0.3, 0.4) is 0 Å². The van der Waals surface area contributed by atoms with Gasteiger partial charge in [0, 0.05) is 19.3 Å². The average Bonchev–Trinajstić information content (AvgIpc) is 1.36. The maximum Gasteiger partial charge on any atom is 0.472 e. The van der Waals surface area contributed by atoms with E-state index >= 15 is 0 Å². The van der Waals surface area contributed by atoms with Gasteiger partial charge in [-0.2, -0.15) is 0 Å². The van der Waals surface area contributed by atoms with Crippen LogP contribution in [0.2, 0.25) is 0 Å². The lowest BCUT2D eigenvalue weighted by atomic mass is 10.1. The SMILES string of the molecule is CC/C=C\C/C=C\C/C=C\C/C=C\C/C=C\CC(=O)OCC(COP(=O)(O)OCC(O)COP(=O)(O)OCC(COC(=O)CCCCCCC/C=C\C/C=C\CCC)OC(=O)CCCCCCCCCCCCC)OC(=O)CCCCCCC/C=C\C/C=C\C/C=C\CC. The summed E-state index contributed by atoms with van der Waals surface area (Å²) in [5.74, 6) is -2.36. The molecule has 0 rings (SSSR count). The first-order chi connectivity index (χ1) is 45.7. The van der Waals surface area contributed by atoms with Gasteiger partial charge in [-0.3, -0.25) is 37.3 Å². The molecular formula is C75H126O17P2. The first-order valence-electron chi connectivity index (χ1n) is 35.8. The van der Waals surface area contributed by atoms with Crippen LogP contribution >= 0.6 is 15.6 Å². The Kier molecular flexibility index (Phi) is 63.8. The van der Waals surface area contributed by atoms with Crippen molar-refractivity contribution in [3.8, 4) is 0 Å². The van der Waals surface area contributed by atoms with E-state index in [4.69, 9.17) is 37.0 Å². The van der Waals surface area contributed by atoms with Crippen LogP contribution < -0.4 is 0 Å². The Labute approximate surface area is 568 Å². The number of rotatable bonds is 66. The molecule has 0 aromatic rings. The first kappa shape index (κ1) is 89.5. The summed E-state index contributed by atoms with van der Waals surface area (Å²) in [6.45, 7) is 4.40. The molecule has 0 aromatic heterocycles. The lowest BCUT2D eigenvalue weighted by Crippen LogP contribution is -2.30. The van der Waals surface area contributed by atoms with E-state index in [-0.39, 0.29) is 25.7 Å². The Bertz CT molecular complexity index is 2270. The number of aliphatic hydroxyl groups is 1. The highest BCUT2D eigenvalue weighted by molar-refractivity contribution is 7.47. The number of aliphatic hydroxyl groups excluding tert-OH is 1. The van der Waals surface area contributed by atoms with Gasteiger partial charge in [-0.15, -0.1) is 0 Å². The average molecular weight is 1360 g/mol. The van der Waals surface area contributed by atoms with Crippen LogP contribution in [0.25, 0.3) is 0 Å². The first-order valence-corrected chi connectivity index (χ1v) is 38.8. The highest BCUT2D eigenvalue weighted by atomic mass is 31.2. The summed E-state index contributed by atoms with van der Waals surface area (Å²) in [5, 5.41) is 10.6. The van der Waals surface area contributed by atoms with Gasteiger partial charge in [-0.05, 0) is 109 Å². The van der Waals surface area contributed by atoms with E-state index in [2.05, 4.69) is 125 Å². The van der Waals surface area contributed by atoms with Crippen molar-refractivity contribution in [2.24, 2.45) is 0 Å². The second kappa shape index (κ2) is 67.0. The van der Waals surface area contributed by atoms with Gasteiger partial charge in [-0.25, -0.2) is 9.13 Å². The number of esters is 4. The minimum atomic E-state index is -5.00. The van der Waals surface area contributed by atoms with Gasteiger partial charge >= 0.3 is 39.5 Å². The van der Waals surface area contributed by atoms with Crippen molar-refractivity contribution in [1.82, 2.24) is 0 Å². The number of allylic oxidation sites excluding steroid dienone is 19. The molecule has 0 bridgehead atoms. The van der Waals surface area contributed by atoms with Gasteiger partial charge in [0.05, 0.1) is 32.8 Å². The van der Waals surface area contributed by atoms with Crippen molar-refractivity contribution in [2.75, 3.05) is 39.6 Å². The number of ether oxygens (including phenoxy) is 4. The zero-order valence-corrected chi connectivity index (χ0v) is 60.1. The van der Waals surface area contributed by atoms with E-state index in [0.717, 1.165) is 154 Å². The van der Waals surface area contributed by atoms with Crippen molar-refractivity contribution in [3.05, 3.63) is 122 Å². The van der Waals surface area contributed by atoms with Crippen molar-refractivity contribution in [3.63, 3.8) is 0 Å². The third-order valence-electron chi connectivity index (χ3n) is 14.4. The van der Waals surface area contributed by atoms with Crippen LogP contribution in [0.4, 0.5) is 0 Å². The fourth-order valence-corrected chi connectivity index (χ4v) is 10.6. The molecule has 5 atom stereocenters. The maximum absolute atomic E-state index is 13.0. The summed E-state index contributed by atoms with van der Waals surface area (Å²) in [5.41, 5.74) is 0. The van der Waals surface area contributed by atoms with Gasteiger partial charge in [-0.1, -0.05) is 258 Å². The molecule has 538 valence electrons. The van der Waals surface area contributed by atoms with Gasteiger partial charge in [0.15, 0.2) is 12.2 Å². The van der Waals surface area contributed by atoms with Crippen LogP contribution in [-0.4, -0.2) is 96.7 Å². The fourth-order valence-electron chi connectivity index (χ4n) is 9.05. The highest BCUT2D eigenvalue weighted by Gasteiger charge is 2.30. The maximum atomic E-state index is 13.0. The Balaban J connectivity index is 5.42. The molecule has 0 radical (unpaired) electrons. The largest absolute Gasteiger partial charge is 0.472 e. The predicted molar refractivity (Wildman–Crippen MR) is 381 cm³/mol. The van der Waals surface area contributed by atoms with Gasteiger partial charge in [0.2, 0.25) is 0 Å². The monoisotopic (exact) mass is 1360 g/mol. The van der Waals surface area contributed by atoms with E-state index in [9.17, 15) is 43.2 Å². The molecule has 0 aliphatic heterocycles. The quantitative estimate of drug-likeness (QED) is 0.0169. The zero-order valence-electron chi connectivity index (χ0n) is 58.3. The molecule has 3 N–H and O–H groups in total. The normalized spacial score (nSPS) is 14.8. The van der Waals surface area contributed by atoms with Gasteiger partial charge in [0.25, 0.3) is 0 Å². The molecule has 5 unspecified atom stereocenters. The summed E-state index contributed by atoms with van der Waals surface area (Å²) in [6.07, 6.45) is 71.0. The molecule has 0 saturated heterocycles. The van der Waals surface area contributed by atoms with Crippen LogP contribution in [0, 0.1) is 0 Å². The van der Waals surface area contributed by atoms with Crippen molar-refractivity contribution in [1.29, 1.82) is 0 Å². The number of unbranched alkanes of at least 4 members (excludes halogenated alkanes) is 21. The number of hydrogen-bond donors (Lipinski definition) is 3. The molecule has 0 amide bonds. The second-order valence-corrected chi connectivity index (χ2v) is 26.3. The molecule has 0 aliphatic carbocycles. The Morgan fingerprint density at radius 1 is 0.319 bits per heavy atom. The molecule has 0 saturated carbocycles. The van der Waals surface area contributed by atoms with E-state index in [1.807, 2.05) is 18.2 Å². The van der Waals surface area contributed by atoms with E-state index in [1.54, 1.807) is 6.08 Å². The number of phosphoric acid groups is 2. The van der Waals surface area contributed by atoms with Crippen molar-refractivity contribution >= 4 is 39.5 Å². The molecule has 0 aromatic carbocycles. The highest BCUT2D eigenvalue weighted by Crippen LogP contribution is 2.45. The molecular weight excluding hydrogens is 1230 g/mol. The van der Waals surface area contributed by atoms with Crippen LogP contribution in [0.5, 0.6) is 0 Å². The number of hydrogen-bond acceptors (Lipinski definition) is 15. The van der Waals surface area contributed by atoms with Gasteiger partial charge in [0.1, 0.15) is 19.3 Å². The summed E-state index contributed by atoms with van der Waals surface area (Å²) < 4.78 is 68.1. The lowest BCUT2D eigenvalue weighted by Gasteiger charge is -2.21. The second-order valence-electron chi connectivity index (χ2n) is 23.4. The molecule has 0 aliphatic rings. The standard InChI is InChI=1S/C75H126O17P2/c1-5-9-13-17-21-25-29-32-34-37-41-44-48-52-56-60-73(78)86-66-71(92-75(80)62-58-54-50-46-42-38-35-33-30-26-22-18-14-10-6-2)68-90-94(83,84)88-64-69(76)63-87-93(81,82)89-67-70(91-74(79)61-57-53-49-45-39-28-24-20-16-12-8-4)65-85-72(77)59-55-51-47-43-40-36-31-27-23-19-15-11-7-3/h9-10,13-15,19,21-22,25-27,31-35,41,44,52,56,69-71,76H,5-8,11-12,16-18,20,23-24,28-30,36-40,42-43,45-51,53-55,57-68H2,1-4H3,(H,81,82)(H,83,84)/b13-9-,14-10-,19-15-,25-21-,26-22-,31-27-,34-32-,35-33-,44-41-,56-52-. The van der Waals surface area contributed by atoms with Crippen LogP contribution in [0.1, 0.15) is 272 Å². The third-order valence-corrected chi connectivity index (χ3v) is 16.3. The van der Waals surface area contributed by atoms with E-state index < -0.39 is 97.5 Å². The van der Waals surface area contributed by atoms with Crippen LogP contribution in [-0.2, 0) is 65.4 Å². The third kappa shape index (κ3) is 66.1. The Hall–Kier alpha value is -4.54. The fraction of sp³-hybridized carbons (Fsp3) is 0.680. The van der Waals surface area contributed by atoms with E-state index in [1.165, 1.54) is 38.5 Å². The zero-order chi connectivity index (χ0) is 69.0. The Morgan fingerprint density at radius 2 is 0.617 bits per heavy atom. The molecule has 0 heterocycles. The lowest BCUT2D eigenvalue weighted by molar-refractivity contribution is -0.161. The number of carbonyl (C=O) groups is 4. The summed E-state index contributed by atoms with van der Waals surface area (Å²) >= 11 is 0. The smallest absolute Gasteiger partial charge is 0.462 e. The molecule has 17 nitrogen and oxygen atoms in total. The van der Waals surface area contributed by atoms with Crippen molar-refractivity contribution < 1.29 is 80.2 Å². The number of carbonyl (C=O) groups excluding carboxylic acids is 4. The minimum absolute atomic E-state index is 0.0535. The minimum Gasteiger partial charge on any atom is -0.462 e. The summed E-state index contributed by atoms with van der Waals surface area (Å²) in [7, 11) is -9.97. The molecule has 0 fully saturated rings. The molecule has 19 heteroatoms. The van der Waals surface area contributed by atoms with Crippen LogP contribution in [0.15, 0.2) is 122 Å². The summed E-state index contributed by atoms with van der Waals surface area (Å²) in [4.78, 5) is 72.5. The summed E-state index contributed by atoms with van der Waals surface area (Å²) in [6, 6.07) is 0. The topological polar surface area (TPSA) is 237 Å². The molecule has 94 heavy (non-hydrogen) atoms. The molecule has 0 spiro atoms. The Morgan fingerprint density at radius 3 is 0.989 bits per heavy atom.